The summed E-state index contributed by atoms with van der Waals surface area (Å²) in [6.45, 7) is 1.24. The fraction of sp³-hybridized carbons (Fsp3) is 0.467. The highest BCUT2D eigenvalue weighted by molar-refractivity contribution is 9.10. The molecule has 2 amide bonds. The predicted octanol–water partition coefficient (Wildman–Crippen LogP) is 2.21. The number of fused-ring (bicyclic) bond motifs is 1. The number of likely N-dealkylation sites (tertiary alicyclic amines) is 1. The Morgan fingerprint density at radius 2 is 2.12 bits per heavy atom. The lowest BCUT2D eigenvalue weighted by molar-refractivity contribution is 0.117. The molecule has 2 fully saturated rings. The molecule has 9 nitrogen and oxygen atoms in total. The molecule has 0 aliphatic carbocycles. The summed E-state index contributed by atoms with van der Waals surface area (Å²) in [5.41, 5.74) is 0.622. The van der Waals surface area contributed by atoms with Gasteiger partial charge in [-0.2, -0.15) is 5.10 Å². The zero-order valence-electron chi connectivity index (χ0n) is 13.2. The molecule has 0 aromatic carbocycles. The highest BCUT2D eigenvalue weighted by Crippen LogP contribution is 2.32. The number of carboxylic acid groups (broad SMARTS) is 1. The first-order valence-electron chi connectivity index (χ1n) is 7.98. The van der Waals surface area contributed by atoms with Crippen LogP contribution in [0.25, 0.3) is 5.65 Å². The fourth-order valence-corrected chi connectivity index (χ4v) is 3.85. The molecular weight excluding hydrogens is 394 g/mol. The van der Waals surface area contributed by atoms with E-state index in [1.807, 2.05) is 0 Å². The van der Waals surface area contributed by atoms with Crippen molar-refractivity contribution in [1.82, 2.24) is 19.5 Å². The molecule has 4 rings (SSSR count). The number of cyclic esters (lactones) is 1. The molecular formula is C15H16BrN5O4. The van der Waals surface area contributed by atoms with Gasteiger partial charge in [-0.25, -0.2) is 19.1 Å². The maximum Gasteiger partial charge on any atom is 0.415 e. The minimum absolute atomic E-state index is 0.139. The van der Waals surface area contributed by atoms with Crippen LogP contribution >= 0.6 is 15.9 Å². The summed E-state index contributed by atoms with van der Waals surface area (Å²) in [6.07, 6.45) is 3.47. The maximum absolute atomic E-state index is 12.3. The molecule has 0 bridgehead atoms. The summed E-state index contributed by atoms with van der Waals surface area (Å²) < 4.78 is 7.63. The lowest BCUT2D eigenvalue weighted by Gasteiger charge is -2.35. The van der Waals surface area contributed by atoms with Crippen LogP contribution < -0.4 is 4.90 Å². The predicted molar refractivity (Wildman–Crippen MR) is 90.6 cm³/mol. The van der Waals surface area contributed by atoms with Crippen molar-refractivity contribution in [3.8, 4) is 0 Å². The van der Waals surface area contributed by atoms with Gasteiger partial charge in [-0.1, -0.05) is 0 Å². The number of anilines is 1. The number of carbonyl (C=O) groups is 2. The molecule has 2 aromatic rings. The van der Waals surface area contributed by atoms with Crippen LogP contribution in [0, 0.1) is 5.92 Å². The van der Waals surface area contributed by atoms with Crippen LogP contribution in [0.3, 0.4) is 0 Å². The van der Waals surface area contributed by atoms with Crippen LogP contribution in [0.4, 0.5) is 15.4 Å². The average Bonchev–Trinajstić information content (AvgIpc) is 3.18. The number of aromatic nitrogens is 3. The summed E-state index contributed by atoms with van der Waals surface area (Å²) in [5.74, 6) is 0.690. The number of piperidine rings is 1. The molecule has 0 spiro atoms. The number of amides is 2. The van der Waals surface area contributed by atoms with Gasteiger partial charge in [0.1, 0.15) is 12.4 Å². The Morgan fingerprint density at radius 3 is 2.84 bits per heavy atom. The quantitative estimate of drug-likeness (QED) is 0.815. The lowest BCUT2D eigenvalue weighted by Crippen LogP contribution is -2.46. The second-order valence-electron chi connectivity index (χ2n) is 6.17. The SMILES string of the molecule is O=C(O)N1CCC(C2COC(=O)N2c2ccn3ncc(Br)c3n2)CC1. The molecule has 2 aromatic heterocycles. The van der Waals surface area contributed by atoms with E-state index in [4.69, 9.17) is 9.84 Å². The van der Waals surface area contributed by atoms with E-state index in [0.717, 1.165) is 4.47 Å². The second-order valence-corrected chi connectivity index (χ2v) is 7.02. The van der Waals surface area contributed by atoms with E-state index in [1.165, 1.54) is 4.90 Å². The van der Waals surface area contributed by atoms with E-state index in [9.17, 15) is 9.59 Å². The van der Waals surface area contributed by atoms with Crippen molar-refractivity contribution in [2.75, 3.05) is 24.6 Å². The van der Waals surface area contributed by atoms with Gasteiger partial charge in [-0.3, -0.25) is 4.90 Å². The monoisotopic (exact) mass is 409 g/mol. The minimum atomic E-state index is -0.897. The molecule has 4 heterocycles. The first kappa shape index (κ1) is 16.1. The second kappa shape index (κ2) is 6.17. The van der Waals surface area contributed by atoms with Crippen LogP contribution in [0.2, 0.25) is 0 Å². The molecule has 1 N–H and O–H groups in total. The molecule has 132 valence electrons. The third-order valence-electron chi connectivity index (χ3n) is 4.82. The van der Waals surface area contributed by atoms with Gasteiger partial charge in [0.05, 0.1) is 16.7 Å². The Labute approximate surface area is 151 Å². The van der Waals surface area contributed by atoms with Crippen LogP contribution in [0.15, 0.2) is 22.9 Å². The van der Waals surface area contributed by atoms with Crippen LogP contribution in [-0.2, 0) is 4.74 Å². The van der Waals surface area contributed by atoms with Gasteiger partial charge in [0, 0.05) is 19.3 Å². The zero-order chi connectivity index (χ0) is 17.6. The molecule has 2 aliphatic rings. The van der Waals surface area contributed by atoms with Crippen molar-refractivity contribution in [3.05, 3.63) is 22.9 Å². The summed E-state index contributed by atoms with van der Waals surface area (Å²) in [5, 5.41) is 13.2. The maximum atomic E-state index is 12.3. The summed E-state index contributed by atoms with van der Waals surface area (Å²) in [4.78, 5) is 30.9. The van der Waals surface area contributed by atoms with E-state index in [-0.39, 0.29) is 12.0 Å². The van der Waals surface area contributed by atoms with Crippen molar-refractivity contribution >= 4 is 39.6 Å². The minimum Gasteiger partial charge on any atom is -0.465 e. The van der Waals surface area contributed by atoms with Gasteiger partial charge in [0.2, 0.25) is 0 Å². The fourth-order valence-electron chi connectivity index (χ4n) is 3.49. The Hall–Kier alpha value is -2.36. The topological polar surface area (TPSA) is 100 Å². The molecule has 1 atom stereocenters. The van der Waals surface area contributed by atoms with Crippen LogP contribution in [0.1, 0.15) is 12.8 Å². The highest BCUT2D eigenvalue weighted by atomic mass is 79.9. The summed E-state index contributed by atoms with van der Waals surface area (Å²) in [6, 6.07) is 1.60. The summed E-state index contributed by atoms with van der Waals surface area (Å²) >= 11 is 3.39. The number of hydrogen-bond donors (Lipinski definition) is 1. The smallest absolute Gasteiger partial charge is 0.415 e. The lowest BCUT2D eigenvalue weighted by atomic mass is 9.89. The molecule has 2 aliphatic heterocycles. The number of halogens is 1. The van der Waals surface area contributed by atoms with Crippen molar-refractivity contribution in [2.24, 2.45) is 5.92 Å². The van der Waals surface area contributed by atoms with Crippen molar-refractivity contribution in [1.29, 1.82) is 0 Å². The average molecular weight is 410 g/mol. The van der Waals surface area contributed by atoms with E-state index in [0.29, 0.717) is 44.0 Å². The number of carbonyl (C=O) groups excluding carboxylic acids is 1. The number of hydrogen-bond acceptors (Lipinski definition) is 5. The van der Waals surface area contributed by atoms with Gasteiger partial charge in [-0.15, -0.1) is 0 Å². The molecule has 0 saturated carbocycles. The highest BCUT2D eigenvalue weighted by Gasteiger charge is 2.41. The van der Waals surface area contributed by atoms with Crippen LogP contribution in [-0.4, -0.2) is 62.5 Å². The number of nitrogens with zero attached hydrogens (tertiary/aromatic N) is 5. The number of ether oxygens (including phenoxy) is 1. The van der Waals surface area contributed by atoms with E-state index in [2.05, 4.69) is 26.0 Å². The van der Waals surface area contributed by atoms with E-state index < -0.39 is 12.2 Å². The van der Waals surface area contributed by atoms with Gasteiger partial charge in [0.15, 0.2) is 5.65 Å². The Balaban J connectivity index is 1.59. The van der Waals surface area contributed by atoms with E-state index >= 15 is 0 Å². The van der Waals surface area contributed by atoms with Crippen molar-refractivity contribution < 1.29 is 19.4 Å². The molecule has 10 heteroatoms. The largest absolute Gasteiger partial charge is 0.465 e. The molecule has 25 heavy (non-hydrogen) atoms. The van der Waals surface area contributed by atoms with Gasteiger partial charge in [0.25, 0.3) is 0 Å². The van der Waals surface area contributed by atoms with Gasteiger partial charge in [-0.05, 0) is 40.8 Å². The third kappa shape index (κ3) is 2.80. The summed E-state index contributed by atoms with van der Waals surface area (Å²) in [7, 11) is 0. The van der Waals surface area contributed by atoms with Crippen LogP contribution in [0.5, 0.6) is 0 Å². The zero-order valence-corrected chi connectivity index (χ0v) is 14.8. The van der Waals surface area contributed by atoms with Gasteiger partial charge >= 0.3 is 12.2 Å². The number of rotatable bonds is 2. The molecule has 2 saturated heterocycles. The standard InChI is InChI=1S/C15H16BrN5O4/c16-10-7-17-20-6-3-12(18-13(10)20)21-11(8-25-15(21)24)9-1-4-19(5-2-9)14(22)23/h3,6-7,9,11H,1-2,4-5,8H2,(H,22,23). The molecule has 0 radical (unpaired) electrons. The van der Waals surface area contributed by atoms with E-state index in [1.54, 1.807) is 27.9 Å². The third-order valence-corrected chi connectivity index (χ3v) is 5.38. The Kier molecular flexibility index (Phi) is 3.98. The Bertz CT molecular complexity index is 832. The van der Waals surface area contributed by atoms with Crippen molar-refractivity contribution in [2.45, 2.75) is 18.9 Å². The normalized spacial score (nSPS) is 21.8. The van der Waals surface area contributed by atoms with Crippen molar-refractivity contribution in [3.63, 3.8) is 0 Å². The molecule has 1 unspecified atom stereocenters. The first-order valence-corrected chi connectivity index (χ1v) is 8.77. The van der Waals surface area contributed by atoms with Gasteiger partial charge < -0.3 is 14.7 Å². The first-order chi connectivity index (χ1) is 12.0. The Morgan fingerprint density at radius 1 is 1.36 bits per heavy atom.